The molecule has 0 spiro atoms. The molecule has 0 radical (unpaired) electrons. The lowest BCUT2D eigenvalue weighted by molar-refractivity contribution is -0.126. The molecule has 5 heteroatoms. The van der Waals surface area contributed by atoms with Crippen molar-refractivity contribution in [3.8, 4) is 0 Å². The van der Waals surface area contributed by atoms with Crippen molar-refractivity contribution in [2.75, 3.05) is 31.1 Å². The summed E-state index contributed by atoms with van der Waals surface area (Å²) >= 11 is 6.15. The van der Waals surface area contributed by atoms with Gasteiger partial charge in [0, 0.05) is 43.4 Å². The van der Waals surface area contributed by atoms with E-state index in [-0.39, 0.29) is 11.9 Å². The molecule has 1 aliphatic rings. The van der Waals surface area contributed by atoms with Gasteiger partial charge in [0.05, 0.1) is 6.04 Å². The number of hydrogen-bond acceptors (Lipinski definition) is 3. The highest BCUT2D eigenvalue weighted by Gasteiger charge is 2.26. The molecule has 3 rings (SSSR count). The highest BCUT2D eigenvalue weighted by molar-refractivity contribution is 6.30. The standard InChI is InChI=1S/C21H26ClN3O/c1-16-8-9-19(22)14-20(16)25-12-10-24(11-13-25)17(2)21(26)23-15-18-6-4-3-5-7-18/h3-9,14,17H,10-13,15H2,1-2H3,(H,23,26)/t17-/m1/s1. The third-order valence-electron chi connectivity index (χ3n) is 5.06. The Labute approximate surface area is 160 Å². The van der Waals surface area contributed by atoms with Gasteiger partial charge in [-0.25, -0.2) is 0 Å². The van der Waals surface area contributed by atoms with Crippen LogP contribution in [0.1, 0.15) is 18.1 Å². The molecule has 1 amide bonds. The fourth-order valence-electron chi connectivity index (χ4n) is 3.37. The Bertz CT molecular complexity index is 742. The van der Waals surface area contributed by atoms with Gasteiger partial charge in [0.15, 0.2) is 0 Å². The molecule has 138 valence electrons. The van der Waals surface area contributed by atoms with Crippen LogP contribution in [-0.2, 0) is 11.3 Å². The molecular weight excluding hydrogens is 346 g/mol. The second-order valence-electron chi connectivity index (χ2n) is 6.83. The third-order valence-corrected chi connectivity index (χ3v) is 5.30. The van der Waals surface area contributed by atoms with Gasteiger partial charge >= 0.3 is 0 Å². The predicted molar refractivity (Wildman–Crippen MR) is 108 cm³/mol. The monoisotopic (exact) mass is 371 g/mol. The third kappa shape index (κ3) is 4.57. The summed E-state index contributed by atoms with van der Waals surface area (Å²) in [5, 5.41) is 3.81. The first-order valence-electron chi connectivity index (χ1n) is 9.11. The fraction of sp³-hybridized carbons (Fsp3) is 0.381. The van der Waals surface area contributed by atoms with Gasteiger partial charge in [0.25, 0.3) is 0 Å². The summed E-state index contributed by atoms with van der Waals surface area (Å²) in [6.07, 6.45) is 0. The number of carbonyl (C=O) groups excluding carboxylic acids is 1. The first-order chi connectivity index (χ1) is 12.5. The van der Waals surface area contributed by atoms with Crippen LogP contribution in [0.2, 0.25) is 5.02 Å². The summed E-state index contributed by atoms with van der Waals surface area (Å²) in [4.78, 5) is 17.1. The van der Waals surface area contributed by atoms with Crippen molar-refractivity contribution in [2.24, 2.45) is 0 Å². The number of rotatable bonds is 5. The maximum absolute atomic E-state index is 12.5. The molecule has 1 fully saturated rings. The van der Waals surface area contributed by atoms with Crippen LogP contribution in [0, 0.1) is 6.92 Å². The molecule has 1 saturated heterocycles. The Hall–Kier alpha value is -2.04. The number of nitrogens with one attached hydrogen (secondary N) is 1. The number of carbonyl (C=O) groups is 1. The van der Waals surface area contributed by atoms with Gasteiger partial charge in [-0.05, 0) is 37.1 Å². The van der Waals surface area contributed by atoms with Crippen molar-refractivity contribution >= 4 is 23.2 Å². The lowest BCUT2D eigenvalue weighted by Crippen LogP contribution is -2.54. The zero-order chi connectivity index (χ0) is 18.5. The highest BCUT2D eigenvalue weighted by Crippen LogP contribution is 2.25. The summed E-state index contributed by atoms with van der Waals surface area (Å²) in [5.74, 6) is 0.0845. The highest BCUT2D eigenvalue weighted by atomic mass is 35.5. The molecule has 1 N–H and O–H groups in total. The van der Waals surface area contributed by atoms with Crippen LogP contribution in [0.25, 0.3) is 0 Å². The molecular formula is C21H26ClN3O. The van der Waals surface area contributed by atoms with Gasteiger partial charge in [-0.1, -0.05) is 48.0 Å². The van der Waals surface area contributed by atoms with Gasteiger partial charge in [-0.15, -0.1) is 0 Å². The lowest BCUT2D eigenvalue weighted by Gasteiger charge is -2.39. The van der Waals surface area contributed by atoms with Crippen LogP contribution in [-0.4, -0.2) is 43.0 Å². The number of piperazine rings is 1. The molecule has 0 bridgehead atoms. The first kappa shape index (κ1) is 18.7. The zero-order valence-corrected chi connectivity index (χ0v) is 16.2. The molecule has 1 atom stereocenters. The average Bonchev–Trinajstić information content (AvgIpc) is 2.68. The number of aryl methyl sites for hydroxylation is 1. The van der Waals surface area contributed by atoms with E-state index in [9.17, 15) is 4.79 Å². The number of halogens is 1. The van der Waals surface area contributed by atoms with E-state index in [0.29, 0.717) is 6.54 Å². The van der Waals surface area contributed by atoms with Crippen LogP contribution < -0.4 is 10.2 Å². The molecule has 2 aromatic carbocycles. The lowest BCUT2D eigenvalue weighted by atomic mass is 10.1. The van der Waals surface area contributed by atoms with E-state index in [1.807, 2.05) is 49.4 Å². The second-order valence-corrected chi connectivity index (χ2v) is 7.27. The van der Waals surface area contributed by atoms with Gasteiger partial charge in [-0.2, -0.15) is 0 Å². The quantitative estimate of drug-likeness (QED) is 0.874. The number of anilines is 1. The van der Waals surface area contributed by atoms with Gasteiger partial charge < -0.3 is 10.2 Å². The van der Waals surface area contributed by atoms with Crippen molar-refractivity contribution in [1.82, 2.24) is 10.2 Å². The Kier molecular flexibility index (Phi) is 6.17. The van der Waals surface area contributed by atoms with Crippen molar-refractivity contribution in [2.45, 2.75) is 26.4 Å². The van der Waals surface area contributed by atoms with Crippen LogP contribution in [0.3, 0.4) is 0 Å². The maximum Gasteiger partial charge on any atom is 0.237 e. The molecule has 1 heterocycles. The van der Waals surface area contributed by atoms with Crippen molar-refractivity contribution in [1.29, 1.82) is 0 Å². The summed E-state index contributed by atoms with van der Waals surface area (Å²) < 4.78 is 0. The van der Waals surface area contributed by atoms with E-state index in [1.54, 1.807) is 0 Å². The topological polar surface area (TPSA) is 35.6 Å². The molecule has 1 aliphatic heterocycles. The van der Waals surface area contributed by atoms with Gasteiger partial charge in [0.1, 0.15) is 0 Å². The predicted octanol–water partition coefficient (Wildman–Crippen LogP) is 3.48. The van der Waals surface area contributed by atoms with Gasteiger partial charge in [0.2, 0.25) is 5.91 Å². The smallest absolute Gasteiger partial charge is 0.237 e. The SMILES string of the molecule is Cc1ccc(Cl)cc1N1CCN([C@H](C)C(=O)NCc2ccccc2)CC1. The number of nitrogens with zero attached hydrogens (tertiary/aromatic N) is 2. The van der Waals surface area contributed by atoms with E-state index in [4.69, 9.17) is 11.6 Å². The summed E-state index contributed by atoms with van der Waals surface area (Å²) in [6, 6.07) is 15.9. The molecule has 0 unspecified atom stereocenters. The van der Waals surface area contributed by atoms with Crippen LogP contribution >= 0.6 is 11.6 Å². The van der Waals surface area contributed by atoms with E-state index < -0.39 is 0 Å². The van der Waals surface area contributed by atoms with E-state index in [1.165, 1.54) is 11.3 Å². The van der Waals surface area contributed by atoms with Crippen molar-refractivity contribution in [3.05, 3.63) is 64.7 Å². The van der Waals surface area contributed by atoms with E-state index in [0.717, 1.165) is 36.8 Å². The van der Waals surface area contributed by atoms with Crippen molar-refractivity contribution < 1.29 is 4.79 Å². The van der Waals surface area contributed by atoms with Gasteiger partial charge in [-0.3, -0.25) is 9.69 Å². The van der Waals surface area contributed by atoms with Crippen molar-refractivity contribution in [3.63, 3.8) is 0 Å². The summed E-state index contributed by atoms with van der Waals surface area (Å²) in [5.41, 5.74) is 3.55. The fourth-order valence-corrected chi connectivity index (χ4v) is 3.54. The number of amides is 1. The molecule has 0 saturated carbocycles. The Morgan fingerprint density at radius 1 is 1.12 bits per heavy atom. The molecule has 0 aromatic heterocycles. The molecule has 0 aliphatic carbocycles. The Morgan fingerprint density at radius 3 is 2.50 bits per heavy atom. The average molecular weight is 372 g/mol. The number of benzene rings is 2. The first-order valence-corrected chi connectivity index (χ1v) is 9.49. The maximum atomic E-state index is 12.5. The minimum atomic E-state index is -0.124. The molecule has 2 aromatic rings. The Morgan fingerprint density at radius 2 is 1.81 bits per heavy atom. The normalized spacial score (nSPS) is 16.3. The summed E-state index contributed by atoms with van der Waals surface area (Å²) in [7, 11) is 0. The van der Waals surface area contributed by atoms with Crippen LogP contribution in [0.15, 0.2) is 48.5 Å². The van der Waals surface area contributed by atoms with E-state index in [2.05, 4.69) is 28.1 Å². The van der Waals surface area contributed by atoms with Crippen LogP contribution in [0.4, 0.5) is 5.69 Å². The molecule has 26 heavy (non-hydrogen) atoms. The van der Waals surface area contributed by atoms with Crippen LogP contribution in [0.5, 0.6) is 0 Å². The minimum absolute atomic E-state index is 0.0845. The second kappa shape index (κ2) is 8.56. The largest absolute Gasteiger partial charge is 0.369 e. The Balaban J connectivity index is 1.52. The minimum Gasteiger partial charge on any atom is -0.369 e. The molecule has 4 nitrogen and oxygen atoms in total. The summed E-state index contributed by atoms with van der Waals surface area (Å²) in [6.45, 7) is 8.21. The zero-order valence-electron chi connectivity index (χ0n) is 15.4. The van der Waals surface area contributed by atoms with E-state index >= 15 is 0 Å². The number of hydrogen-bond donors (Lipinski definition) is 1.